The van der Waals surface area contributed by atoms with Crippen LogP contribution in [0.5, 0.6) is 0 Å². The summed E-state index contributed by atoms with van der Waals surface area (Å²) < 4.78 is 0. The normalized spacial score (nSPS) is 12.8. The van der Waals surface area contributed by atoms with Crippen molar-refractivity contribution in [2.75, 3.05) is 0 Å². The topological polar surface area (TPSA) is 0 Å². The fraction of sp³-hybridized carbons (Fsp3) is 0.474. The Bertz CT molecular complexity index is 1940. The van der Waals surface area contributed by atoms with Gasteiger partial charge in [0.25, 0.3) is 0 Å². The van der Waals surface area contributed by atoms with Crippen molar-refractivity contribution in [1.29, 1.82) is 0 Å². The molecule has 0 aliphatic carbocycles. The van der Waals surface area contributed by atoms with Gasteiger partial charge < -0.3 is 0 Å². The van der Waals surface area contributed by atoms with Gasteiger partial charge in [0.2, 0.25) is 0 Å². The molecule has 5 rings (SSSR count). The van der Waals surface area contributed by atoms with E-state index in [1.165, 1.54) is 82.8 Å². The van der Waals surface area contributed by atoms with Crippen molar-refractivity contribution < 1.29 is 0 Å². The molecule has 0 saturated carbocycles. The molecule has 0 saturated heterocycles. The molecular weight excluding hydrogens is 779 g/mol. The number of hydrogen-bond donors (Lipinski definition) is 0. The highest BCUT2D eigenvalue weighted by atomic mass is 35.6. The number of halogens is 1. The molecule has 5 aromatic carbocycles. The van der Waals surface area contributed by atoms with Gasteiger partial charge in [-0.2, -0.15) is 11.1 Å². The summed E-state index contributed by atoms with van der Waals surface area (Å²) in [5.74, 6) is 3.84. The van der Waals surface area contributed by atoms with Crippen LogP contribution in [0.3, 0.4) is 0 Å². The van der Waals surface area contributed by atoms with Crippen LogP contribution in [0.2, 0.25) is 0 Å². The summed E-state index contributed by atoms with van der Waals surface area (Å²) in [6, 6.07) is 34.4. The lowest BCUT2D eigenvalue weighted by Gasteiger charge is -2.30. The molecular formula is C57H80ClPSi. The van der Waals surface area contributed by atoms with Gasteiger partial charge in [0.05, 0.1) is 0 Å². The van der Waals surface area contributed by atoms with Crippen molar-refractivity contribution in [3.63, 3.8) is 0 Å². The average molecular weight is 860 g/mol. The Morgan fingerprint density at radius 1 is 0.350 bits per heavy atom. The highest BCUT2D eigenvalue weighted by Gasteiger charge is 2.31. The molecule has 0 fully saturated rings. The van der Waals surface area contributed by atoms with Gasteiger partial charge in [-0.25, -0.2) is 0 Å². The Hall–Kier alpha value is -2.96. The lowest BCUT2D eigenvalue weighted by atomic mass is 9.79. The molecule has 0 aliphatic rings. The maximum Gasteiger partial charge on any atom is 0.199 e. The first kappa shape index (κ1) is 49.7. The van der Waals surface area contributed by atoms with Gasteiger partial charge in [0.15, 0.2) is 7.77 Å². The summed E-state index contributed by atoms with van der Waals surface area (Å²) in [6.07, 6.45) is 0. The molecule has 0 aromatic heterocycles. The van der Waals surface area contributed by atoms with Gasteiger partial charge in [0.1, 0.15) is 0 Å². The molecule has 5 aromatic rings. The predicted molar refractivity (Wildman–Crippen MR) is 278 cm³/mol. The van der Waals surface area contributed by atoms with E-state index in [0.717, 1.165) is 0 Å². The molecule has 0 spiro atoms. The van der Waals surface area contributed by atoms with Crippen molar-refractivity contribution >= 4 is 37.5 Å². The monoisotopic (exact) mass is 859 g/mol. The average Bonchev–Trinajstić information content (AvgIpc) is 3.19. The van der Waals surface area contributed by atoms with Crippen LogP contribution in [0.1, 0.15) is 228 Å². The molecule has 3 heteroatoms. The van der Waals surface area contributed by atoms with Crippen molar-refractivity contribution in [3.05, 3.63) is 141 Å². The second-order valence-electron chi connectivity index (χ2n) is 20.0. The van der Waals surface area contributed by atoms with E-state index in [2.05, 4.69) is 179 Å². The fourth-order valence-corrected chi connectivity index (χ4v) is 15.8. The third-order valence-electron chi connectivity index (χ3n) is 12.2. The van der Waals surface area contributed by atoms with E-state index in [1.807, 2.05) is 36.4 Å². The maximum atomic E-state index is 8.35. The molecule has 0 bridgehead atoms. The van der Waals surface area contributed by atoms with E-state index < -0.39 is 7.77 Å². The van der Waals surface area contributed by atoms with E-state index in [4.69, 9.17) is 11.1 Å². The summed E-state index contributed by atoms with van der Waals surface area (Å²) in [6.45, 7) is 42.6. The zero-order valence-corrected chi connectivity index (χ0v) is 43.7. The Kier molecular flexibility index (Phi) is 18.1. The summed E-state index contributed by atoms with van der Waals surface area (Å²) >= 11 is 8.35. The highest BCUT2D eigenvalue weighted by Crippen LogP contribution is 2.44. The lowest BCUT2D eigenvalue weighted by Crippen LogP contribution is -2.30. The summed E-state index contributed by atoms with van der Waals surface area (Å²) in [7, 11) is -1.59. The van der Waals surface area contributed by atoms with Gasteiger partial charge in [-0.1, -0.05) is 224 Å². The molecule has 2 atom stereocenters. The molecule has 324 valence electrons. The lowest BCUT2D eigenvalue weighted by molar-refractivity contribution is 0.807. The molecule has 0 radical (unpaired) electrons. The Morgan fingerprint density at radius 3 is 0.833 bits per heavy atom. The summed E-state index contributed by atoms with van der Waals surface area (Å²) in [5.41, 5.74) is 18.8. The van der Waals surface area contributed by atoms with Gasteiger partial charge in [-0.15, -0.1) is 0 Å². The second kappa shape index (κ2) is 21.9. The van der Waals surface area contributed by atoms with Crippen LogP contribution < -0.4 is 10.5 Å². The SMILES string of the molecule is CC(C)c1cc(C(C)C)c(P[Si@H](Cl)c2c(-c3c(C(C)C)cc(C(C)C)cc3C(C)C)cccc2-c2c(C(C)C)cc(C(C)C)cc2C(C)C)c(C(C)C)c1.c1ccccc1. The second-order valence-corrected chi connectivity index (χ2v) is 27.1. The van der Waals surface area contributed by atoms with Crippen molar-refractivity contribution in [2.24, 2.45) is 0 Å². The standard InChI is InChI=1S/C51H74ClPSi.C6H6/c1-28(2)37-22-42(31(7)8)48(43(23-37)32(9)10)40-20-19-21-41(49-44(33(11)12)24-38(29(3)4)25-45(49)34(13)14)51(40)54(52)53-50-46(35(15)16)26-39(30(5)6)27-47(50)36(17)18;1-2-4-6-5-3-1/h19-36,53-54H,1-18H3;1-6H/t54-;/m0./s1. The smallest absolute Gasteiger partial charge is 0.159 e. The van der Waals surface area contributed by atoms with E-state index in [0.29, 0.717) is 61.4 Å². The van der Waals surface area contributed by atoms with Crippen molar-refractivity contribution in [3.8, 4) is 22.3 Å². The minimum atomic E-state index is -2.16. The molecule has 0 amide bonds. The first-order valence-corrected chi connectivity index (χ1v) is 28.4. The molecule has 1 unspecified atom stereocenters. The zero-order valence-electron chi connectivity index (χ0n) is 40.8. The van der Waals surface area contributed by atoms with E-state index in [-0.39, 0.29) is 0 Å². The predicted octanol–water partition coefficient (Wildman–Crippen LogP) is 17.5. The van der Waals surface area contributed by atoms with E-state index in [1.54, 1.807) is 0 Å². The van der Waals surface area contributed by atoms with Crippen LogP contribution in [-0.4, -0.2) is 7.77 Å². The minimum absolute atomic E-state index is 0.386. The van der Waals surface area contributed by atoms with Crippen LogP contribution in [0.15, 0.2) is 91.0 Å². The Balaban J connectivity index is 0.00000121. The van der Waals surface area contributed by atoms with Gasteiger partial charge in [-0.05, 0) is 136 Å². The molecule has 60 heavy (non-hydrogen) atoms. The van der Waals surface area contributed by atoms with Gasteiger partial charge >= 0.3 is 0 Å². The van der Waals surface area contributed by atoms with Crippen LogP contribution in [0.4, 0.5) is 0 Å². The molecule has 0 aliphatic heterocycles. The van der Waals surface area contributed by atoms with Crippen LogP contribution in [-0.2, 0) is 0 Å². The van der Waals surface area contributed by atoms with E-state index in [9.17, 15) is 0 Å². The summed E-state index contributed by atoms with van der Waals surface area (Å²) in [5, 5.41) is 2.97. The maximum absolute atomic E-state index is 8.35. The third kappa shape index (κ3) is 11.7. The molecule has 0 heterocycles. The first-order chi connectivity index (χ1) is 28.2. The van der Waals surface area contributed by atoms with Crippen LogP contribution in [0.25, 0.3) is 22.3 Å². The quantitative estimate of drug-likeness (QED) is 0.0593. The summed E-state index contributed by atoms with van der Waals surface area (Å²) in [4.78, 5) is 0. The third-order valence-corrected chi connectivity index (χ3v) is 18.6. The zero-order chi connectivity index (χ0) is 44.7. The fourth-order valence-electron chi connectivity index (χ4n) is 8.51. The number of rotatable bonds is 14. The Labute approximate surface area is 376 Å². The first-order valence-electron chi connectivity index (χ1n) is 23.2. The van der Waals surface area contributed by atoms with Gasteiger partial charge in [0, 0.05) is 0 Å². The largest absolute Gasteiger partial charge is 0.199 e. The minimum Gasteiger partial charge on any atom is -0.159 e. The van der Waals surface area contributed by atoms with E-state index >= 15 is 0 Å². The molecule has 0 N–H and O–H groups in total. The molecule has 0 nitrogen and oxygen atoms in total. The van der Waals surface area contributed by atoms with Crippen LogP contribution in [0, 0.1) is 0 Å². The highest BCUT2D eigenvalue weighted by molar-refractivity contribution is 7.92. The number of benzene rings is 5. The van der Waals surface area contributed by atoms with Gasteiger partial charge in [-0.3, -0.25) is 0 Å². The van der Waals surface area contributed by atoms with Crippen molar-refractivity contribution in [2.45, 2.75) is 178 Å². The van der Waals surface area contributed by atoms with Crippen molar-refractivity contribution in [1.82, 2.24) is 0 Å². The Morgan fingerprint density at radius 2 is 0.600 bits per heavy atom. The van der Waals surface area contributed by atoms with Crippen LogP contribution >= 0.6 is 19.2 Å². The number of hydrogen-bond acceptors (Lipinski definition) is 0.